The van der Waals surface area contributed by atoms with Gasteiger partial charge in [0.15, 0.2) is 11.5 Å². The van der Waals surface area contributed by atoms with Gasteiger partial charge in [-0.1, -0.05) is 0 Å². The molecule has 0 fully saturated rings. The number of aryl methyl sites for hydroxylation is 1. The van der Waals surface area contributed by atoms with Gasteiger partial charge in [-0.3, -0.25) is 0 Å². The van der Waals surface area contributed by atoms with Crippen LogP contribution in [0.5, 0.6) is 11.5 Å². The number of nitrogens with zero attached hydrogens (tertiary/aromatic N) is 3. The molecule has 0 radical (unpaired) electrons. The maximum atomic E-state index is 5.67. The first-order valence-electron chi connectivity index (χ1n) is 6.87. The predicted octanol–water partition coefficient (Wildman–Crippen LogP) is 2.07. The Morgan fingerprint density at radius 2 is 2.10 bits per heavy atom. The molecule has 1 N–H and O–H groups in total. The van der Waals surface area contributed by atoms with Gasteiger partial charge in [0.25, 0.3) is 0 Å². The van der Waals surface area contributed by atoms with Gasteiger partial charge in [0.1, 0.15) is 12.2 Å². The van der Waals surface area contributed by atoms with Crippen LogP contribution in [0.25, 0.3) is 0 Å². The number of nitrogens with one attached hydrogen (secondary N) is 1. The van der Waals surface area contributed by atoms with Crippen LogP contribution in [0.3, 0.4) is 0 Å². The van der Waals surface area contributed by atoms with E-state index in [-0.39, 0.29) is 0 Å². The summed E-state index contributed by atoms with van der Waals surface area (Å²) in [5.41, 5.74) is 0.986. The molecule has 1 aliphatic rings. The largest absolute Gasteiger partial charge is 0.490 e. The fraction of sp³-hybridized carbons (Fsp3) is 0.429. The molecular weight excluding hydrogens is 256 g/mol. The first-order valence-corrected chi connectivity index (χ1v) is 6.87. The van der Waals surface area contributed by atoms with E-state index in [2.05, 4.69) is 15.4 Å². The maximum absolute atomic E-state index is 5.67. The Bertz CT molecular complexity index is 582. The molecule has 3 rings (SSSR count). The van der Waals surface area contributed by atoms with Crippen LogP contribution in [-0.4, -0.2) is 28.0 Å². The molecule has 0 spiro atoms. The predicted molar refractivity (Wildman–Crippen MR) is 75.1 cm³/mol. The van der Waals surface area contributed by atoms with E-state index < -0.39 is 0 Å². The van der Waals surface area contributed by atoms with Crippen LogP contribution in [-0.2, 0) is 13.1 Å². The summed E-state index contributed by atoms with van der Waals surface area (Å²) in [5.74, 6) is 2.52. The van der Waals surface area contributed by atoms with Gasteiger partial charge in [-0.05, 0) is 19.1 Å². The number of benzene rings is 1. The summed E-state index contributed by atoms with van der Waals surface area (Å²) >= 11 is 0. The van der Waals surface area contributed by atoms with E-state index in [4.69, 9.17) is 9.47 Å². The Morgan fingerprint density at radius 1 is 1.25 bits per heavy atom. The average molecular weight is 274 g/mol. The number of aromatic nitrogens is 3. The average Bonchev–Trinajstić information content (AvgIpc) is 2.81. The van der Waals surface area contributed by atoms with Crippen LogP contribution in [0.15, 0.2) is 24.5 Å². The number of anilines is 1. The quantitative estimate of drug-likeness (QED) is 0.924. The zero-order valence-corrected chi connectivity index (χ0v) is 11.5. The van der Waals surface area contributed by atoms with Crippen LogP contribution >= 0.6 is 0 Å². The summed E-state index contributed by atoms with van der Waals surface area (Å²) in [6.45, 7) is 4.90. The third-order valence-corrected chi connectivity index (χ3v) is 3.19. The highest BCUT2D eigenvalue weighted by molar-refractivity contribution is 5.54. The lowest BCUT2D eigenvalue weighted by Crippen LogP contribution is -2.09. The highest BCUT2D eigenvalue weighted by Gasteiger charge is 2.11. The smallest absolute Gasteiger partial charge is 0.163 e. The fourth-order valence-electron chi connectivity index (χ4n) is 2.14. The van der Waals surface area contributed by atoms with E-state index >= 15 is 0 Å². The second-order valence-electron chi connectivity index (χ2n) is 4.56. The summed E-state index contributed by atoms with van der Waals surface area (Å²) in [5, 5.41) is 7.48. The van der Waals surface area contributed by atoms with Crippen LogP contribution in [0.2, 0.25) is 0 Å². The van der Waals surface area contributed by atoms with Crippen molar-refractivity contribution in [3.63, 3.8) is 0 Å². The van der Waals surface area contributed by atoms with E-state index in [1.54, 1.807) is 6.33 Å². The van der Waals surface area contributed by atoms with Crippen molar-refractivity contribution in [2.24, 2.45) is 0 Å². The lowest BCUT2D eigenvalue weighted by atomic mass is 10.2. The van der Waals surface area contributed by atoms with E-state index in [1.807, 2.05) is 29.8 Å². The number of hydrogen-bond donors (Lipinski definition) is 1. The Labute approximate surface area is 117 Å². The topological polar surface area (TPSA) is 61.2 Å². The third kappa shape index (κ3) is 2.68. The first kappa shape index (κ1) is 12.8. The van der Waals surface area contributed by atoms with E-state index in [0.717, 1.165) is 36.0 Å². The lowest BCUT2D eigenvalue weighted by molar-refractivity contribution is 0.297. The molecule has 0 saturated carbocycles. The minimum Gasteiger partial charge on any atom is -0.490 e. The molecule has 0 aliphatic carbocycles. The summed E-state index contributed by atoms with van der Waals surface area (Å²) in [7, 11) is 0. The minimum atomic E-state index is 0.632. The molecule has 1 aromatic carbocycles. The maximum Gasteiger partial charge on any atom is 0.163 e. The van der Waals surface area contributed by atoms with Gasteiger partial charge >= 0.3 is 0 Å². The molecule has 0 amide bonds. The molecule has 1 aliphatic heterocycles. The fourth-order valence-corrected chi connectivity index (χ4v) is 2.14. The van der Waals surface area contributed by atoms with Gasteiger partial charge in [-0.2, -0.15) is 5.10 Å². The molecule has 1 aromatic heterocycles. The molecule has 0 saturated heterocycles. The minimum absolute atomic E-state index is 0.632. The molecule has 2 heterocycles. The first-order chi connectivity index (χ1) is 9.86. The van der Waals surface area contributed by atoms with Crippen LogP contribution in [0.1, 0.15) is 19.2 Å². The molecular formula is C14H18N4O2. The lowest BCUT2D eigenvalue weighted by Gasteiger charge is -2.11. The highest BCUT2D eigenvalue weighted by atomic mass is 16.5. The van der Waals surface area contributed by atoms with Gasteiger partial charge in [-0.25, -0.2) is 9.67 Å². The molecule has 106 valence electrons. The summed E-state index contributed by atoms with van der Waals surface area (Å²) < 4.78 is 13.2. The molecule has 6 nitrogen and oxygen atoms in total. The SMILES string of the molecule is CCn1ncnc1CNc1ccc2c(c1)OCCCO2. The van der Waals surface area contributed by atoms with E-state index in [9.17, 15) is 0 Å². The molecule has 6 heteroatoms. The summed E-state index contributed by atoms with van der Waals surface area (Å²) in [6.07, 6.45) is 2.49. The van der Waals surface area contributed by atoms with E-state index in [1.165, 1.54) is 0 Å². The summed E-state index contributed by atoms with van der Waals surface area (Å²) in [6, 6.07) is 5.89. The Hall–Kier alpha value is -2.24. The van der Waals surface area contributed by atoms with Crippen molar-refractivity contribution in [1.29, 1.82) is 0 Å². The molecule has 0 unspecified atom stereocenters. The molecule has 2 aromatic rings. The van der Waals surface area contributed by atoms with Crippen molar-refractivity contribution in [1.82, 2.24) is 14.8 Å². The van der Waals surface area contributed by atoms with Crippen LogP contribution in [0, 0.1) is 0 Å². The molecule has 20 heavy (non-hydrogen) atoms. The van der Waals surface area contributed by atoms with Crippen LogP contribution < -0.4 is 14.8 Å². The number of hydrogen-bond acceptors (Lipinski definition) is 5. The van der Waals surface area contributed by atoms with Crippen molar-refractivity contribution >= 4 is 5.69 Å². The second-order valence-corrected chi connectivity index (χ2v) is 4.56. The van der Waals surface area contributed by atoms with Gasteiger partial charge in [-0.15, -0.1) is 0 Å². The van der Waals surface area contributed by atoms with Crippen molar-refractivity contribution in [3.05, 3.63) is 30.4 Å². The Balaban J connectivity index is 1.70. The molecule has 0 bridgehead atoms. The van der Waals surface area contributed by atoms with Crippen LogP contribution in [0.4, 0.5) is 5.69 Å². The zero-order valence-electron chi connectivity index (χ0n) is 11.5. The normalized spacial score (nSPS) is 13.8. The van der Waals surface area contributed by atoms with Gasteiger partial charge < -0.3 is 14.8 Å². The van der Waals surface area contributed by atoms with Gasteiger partial charge in [0, 0.05) is 24.7 Å². The van der Waals surface area contributed by atoms with E-state index in [0.29, 0.717) is 19.8 Å². The third-order valence-electron chi connectivity index (χ3n) is 3.19. The number of rotatable bonds is 4. The molecule has 0 atom stereocenters. The number of ether oxygens (including phenoxy) is 2. The van der Waals surface area contributed by atoms with Crippen molar-refractivity contribution < 1.29 is 9.47 Å². The van der Waals surface area contributed by atoms with Gasteiger partial charge in [0.05, 0.1) is 19.8 Å². The van der Waals surface area contributed by atoms with Crippen molar-refractivity contribution in [3.8, 4) is 11.5 Å². The van der Waals surface area contributed by atoms with Crippen molar-refractivity contribution in [2.45, 2.75) is 26.4 Å². The zero-order chi connectivity index (χ0) is 13.8. The van der Waals surface area contributed by atoms with Crippen molar-refractivity contribution in [2.75, 3.05) is 18.5 Å². The number of fused-ring (bicyclic) bond motifs is 1. The monoisotopic (exact) mass is 274 g/mol. The summed E-state index contributed by atoms with van der Waals surface area (Å²) in [4.78, 5) is 4.24. The Morgan fingerprint density at radius 3 is 2.95 bits per heavy atom. The highest BCUT2D eigenvalue weighted by Crippen LogP contribution is 2.32. The second kappa shape index (κ2) is 5.81. The standard InChI is InChI=1S/C14H18N4O2/c1-2-18-14(16-10-17-18)9-15-11-4-5-12-13(8-11)20-7-3-6-19-12/h4-5,8,10,15H,2-3,6-7,9H2,1H3. The Kier molecular flexibility index (Phi) is 3.71. The van der Waals surface area contributed by atoms with Gasteiger partial charge in [0.2, 0.25) is 0 Å².